The number of halogens is 3. The number of alkyl halides is 3. The Morgan fingerprint density at radius 3 is 2.55 bits per heavy atom. The number of hydrogen-bond donors (Lipinski definition) is 2. The molecule has 1 heterocycles. The summed E-state index contributed by atoms with van der Waals surface area (Å²) in [6.45, 7) is 4.27. The number of nitrogens with one attached hydrogen (secondary N) is 2. The lowest BCUT2D eigenvalue weighted by Gasteiger charge is -2.32. The minimum Gasteiger partial charge on any atom is -0.347 e. The maximum atomic E-state index is 12.0. The number of carbonyl (C=O) groups excluding carboxylic acids is 2. The Balaban J connectivity index is 2.36. The molecule has 1 saturated heterocycles. The van der Waals surface area contributed by atoms with E-state index in [1.165, 1.54) is 0 Å². The Hall–Kier alpha value is -1.47. The summed E-state index contributed by atoms with van der Waals surface area (Å²) >= 11 is 0. The second-order valence-electron chi connectivity index (χ2n) is 6.13. The van der Waals surface area contributed by atoms with Crippen LogP contribution in [0, 0.1) is 11.8 Å². The average Bonchev–Trinajstić information content (AvgIpc) is 2.42. The minimum atomic E-state index is -4.40. The normalized spacial score (nSPS) is 19.2. The Morgan fingerprint density at radius 2 is 1.95 bits per heavy atom. The molecule has 0 spiro atoms. The van der Waals surface area contributed by atoms with E-state index in [9.17, 15) is 22.8 Å². The average molecular weight is 323 g/mol. The van der Waals surface area contributed by atoms with E-state index in [0.29, 0.717) is 25.6 Å². The molecule has 5 nitrogen and oxygen atoms in total. The first-order valence-electron chi connectivity index (χ1n) is 7.53. The molecule has 2 N–H and O–H groups in total. The summed E-state index contributed by atoms with van der Waals surface area (Å²) in [5.74, 6) is -0.365. The van der Waals surface area contributed by atoms with Crippen molar-refractivity contribution in [1.82, 2.24) is 15.5 Å². The minimum absolute atomic E-state index is 0.0179. The van der Waals surface area contributed by atoms with Crippen LogP contribution in [-0.2, 0) is 4.79 Å². The molecule has 0 radical (unpaired) electrons. The maximum absolute atomic E-state index is 12.0. The topological polar surface area (TPSA) is 61.4 Å². The van der Waals surface area contributed by atoms with Gasteiger partial charge in [0.1, 0.15) is 6.54 Å². The third-order valence-electron chi connectivity index (χ3n) is 3.43. The molecule has 0 aromatic heterocycles. The third-order valence-corrected chi connectivity index (χ3v) is 3.43. The van der Waals surface area contributed by atoms with Crippen LogP contribution in [0.4, 0.5) is 18.0 Å². The van der Waals surface area contributed by atoms with Gasteiger partial charge in [-0.2, -0.15) is 13.2 Å². The second-order valence-corrected chi connectivity index (χ2v) is 6.13. The number of urea groups is 1. The fourth-order valence-corrected chi connectivity index (χ4v) is 2.35. The molecule has 0 aromatic carbocycles. The van der Waals surface area contributed by atoms with Gasteiger partial charge in [-0.1, -0.05) is 13.8 Å². The van der Waals surface area contributed by atoms with Crippen molar-refractivity contribution in [3.8, 4) is 0 Å². The summed E-state index contributed by atoms with van der Waals surface area (Å²) in [5.41, 5.74) is 0. The van der Waals surface area contributed by atoms with E-state index in [2.05, 4.69) is 5.32 Å². The van der Waals surface area contributed by atoms with Gasteiger partial charge >= 0.3 is 12.2 Å². The smallest absolute Gasteiger partial charge is 0.347 e. The molecule has 1 aliphatic rings. The standard InChI is InChI=1S/C14H24F3N3O2/c1-10(2)7-18-13(22)20-5-3-4-11(8-20)6-12(21)19-9-14(15,16)17/h10-11H,3-9H2,1-2H3,(H,18,22)(H,19,21)/t11-/m0/s1. The largest absolute Gasteiger partial charge is 0.405 e. The van der Waals surface area contributed by atoms with Crippen molar-refractivity contribution in [2.75, 3.05) is 26.2 Å². The molecule has 1 atom stereocenters. The number of amides is 3. The molecule has 0 bridgehead atoms. The molecular formula is C14H24F3N3O2. The molecular weight excluding hydrogens is 299 g/mol. The molecule has 22 heavy (non-hydrogen) atoms. The van der Waals surface area contributed by atoms with Gasteiger partial charge in [0.25, 0.3) is 0 Å². The molecule has 3 amide bonds. The van der Waals surface area contributed by atoms with Gasteiger partial charge in [-0.3, -0.25) is 4.79 Å². The summed E-state index contributed by atoms with van der Waals surface area (Å²) < 4.78 is 36.1. The Morgan fingerprint density at radius 1 is 1.27 bits per heavy atom. The van der Waals surface area contributed by atoms with Crippen molar-refractivity contribution in [3.05, 3.63) is 0 Å². The van der Waals surface area contributed by atoms with Crippen LogP contribution in [0.1, 0.15) is 33.1 Å². The van der Waals surface area contributed by atoms with E-state index >= 15 is 0 Å². The Labute approximate surface area is 128 Å². The predicted molar refractivity (Wildman–Crippen MR) is 76.2 cm³/mol. The second kappa shape index (κ2) is 8.24. The first-order valence-corrected chi connectivity index (χ1v) is 7.53. The lowest BCUT2D eigenvalue weighted by molar-refractivity contribution is -0.139. The van der Waals surface area contributed by atoms with Crippen LogP contribution in [0.15, 0.2) is 0 Å². The van der Waals surface area contributed by atoms with Crippen LogP contribution in [0.2, 0.25) is 0 Å². The zero-order chi connectivity index (χ0) is 16.8. The fourth-order valence-electron chi connectivity index (χ4n) is 2.35. The van der Waals surface area contributed by atoms with Gasteiger partial charge < -0.3 is 15.5 Å². The Kier molecular flexibility index (Phi) is 6.96. The first kappa shape index (κ1) is 18.6. The highest BCUT2D eigenvalue weighted by atomic mass is 19.4. The molecule has 1 aliphatic heterocycles. The number of piperidine rings is 1. The molecule has 0 saturated carbocycles. The van der Waals surface area contributed by atoms with Crippen molar-refractivity contribution >= 4 is 11.9 Å². The van der Waals surface area contributed by atoms with E-state index in [1.807, 2.05) is 19.2 Å². The van der Waals surface area contributed by atoms with Gasteiger partial charge in [0, 0.05) is 26.1 Å². The monoisotopic (exact) mass is 323 g/mol. The lowest BCUT2D eigenvalue weighted by Crippen LogP contribution is -2.47. The van der Waals surface area contributed by atoms with Crippen LogP contribution in [-0.4, -0.2) is 49.2 Å². The number of hydrogen-bond acceptors (Lipinski definition) is 2. The zero-order valence-electron chi connectivity index (χ0n) is 13.0. The van der Waals surface area contributed by atoms with Crippen LogP contribution in [0.5, 0.6) is 0 Å². The molecule has 0 aromatic rings. The van der Waals surface area contributed by atoms with Crippen LogP contribution in [0.25, 0.3) is 0 Å². The van der Waals surface area contributed by atoms with E-state index in [0.717, 1.165) is 12.8 Å². The third kappa shape index (κ3) is 7.51. The van der Waals surface area contributed by atoms with Crippen molar-refractivity contribution < 1.29 is 22.8 Å². The van der Waals surface area contributed by atoms with E-state index in [-0.39, 0.29) is 18.4 Å². The lowest BCUT2D eigenvalue weighted by atomic mass is 9.94. The SMILES string of the molecule is CC(C)CNC(=O)N1CCC[C@@H](CC(=O)NCC(F)(F)F)C1. The van der Waals surface area contributed by atoms with Crippen molar-refractivity contribution in [2.45, 2.75) is 39.3 Å². The first-order chi connectivity index (χ1) is 10.2. The number of nitrogens with zero attached hydrogens (tertiary/aromatic N) is 1. The quantitative estimate of drug-likeness (QED) is 0.814. The summed E-state index contributed by atoms with van der Waals surface area (Å²) in [6.07, 6.45) is -2.88. The summed E-state index contributed by atoms with van der Waals surface area (Å²) in [5, 5.41) is 4.68. The number of likely N-dealkylation sites (tertiary alicyclic amines) is 1. The van der Waals surface area contributed by atoms with Crippen molar-refractivity contribution in [3.63, 3.8) is 0 Å². The summed E-state index contributed by atoms with van der Waals surface area (Å²) in [6, 6.07) is -0.172. The highest BCUT2D eigenvalue weighted by Gasteiger charge is 2.29. The van der Waals surface area contributed by atoms with Crippen LogP contribution < -0.4 is 10.6 Å². The molecule has 128 valence electrons. The molecule has 1 rings (SSSR count). The number of carbonyl (C=O) groups is 2. The van der Waals surface area contributed by atoms with Gasteiger partial charge in [0.2, 0.25) is 5.91 Å². The van der Waals surface area contributed by atoms with Gasteiger partial charge in [-0.25, -0.2) is 4.79 Å². The van der Waals surface area contributed by atoms with Crippen molar-refractivity contribution in [2.24, 2.45) is 11.8 Å². The summed E-state index contributed by atoms with van der Waals surface area (Å²) in [4.78, 5) is 25.1. The van der Waals surface area contributed by atoms with Crippen LogP contribution >= 0.6 is 0 Å². The Bertz CT molecular complexity index is 386. The highest BCUT2D eigenvalue weighted by molar-refractivity contribution is 5.77. The van der Waals surface area contributed by atoms with E-state index in [4.69, 9.17) is 0 Å². The van der Waals surface area contributed by atoms with E-state index < -0.39 is 18.6 Å². The van der Waals surface area contributed by atoms with Gasteiger partial charge in [0.05, 0.1) is 0 Å². The van der Waals surface area contributed by atoms with Gasteiger partial charge in [-0.05, 0) is 24.7 Å². The predicted octanol–water partition coefficient (Wildman–Crippen LogP) is 2.13. The highest BCUT2D eigenvalue weighted by Crippen LogP contribution is 2.20. The molecule has 8 heteroatoms. The van der Waals surface area contributed by atoms with Gasteiger partial charge in [-0.15, -0.1) is 0 Å². The maximum Gasteiger partial charge on any atom is 0.405 e. The summed E-state index contributed by atoms with van der Waals surface area (Å²) in [7, 11) is 0. The van der Waals surface area contributed by atoms with Gasteiger partial charge in [0.15, 0.2) is 0 Å². The number of rotatable bonds is 5. The molecule has 1 fully saturated rings. The fraction of sp³-hybridized carbons (Fsp3) is 0.857. The zero-order valence-corrected chi connectivity index (χ0v) is 13.0. The van der Waals surface area contributed by atoms with Crippen LogP contribution in [0.3, 0.4) is 0 Å². The molecule has 0 aliphatic carbocycles. The van der Waals surface area contributed by atoms with E-state index in [1.54, 1.807) is 4.90 Å². The van der Waals surface area contributed by atoms with Crippen molar-refractivity contribution in [1.29, 1.82) is 0 Å². The molecule has 0 unspecified atom stereocenters.